The Labute approximate surface area is 162 Å². The molecule has 0 unspecified atom stereocenters. The van der Waals surface area contributed by atoms with Gasteiger partial charge in [0.1, 0.15) is 18.7 Å². The lowest BCUT2D eigenvalue weighted by molar-refractivity contribution is -0.384. The molecule has 3 heterocycles. The summed E-state index contributed by atoms with van der Waals surface area (Å²) in [4.78, 5) is 35.1. The number of amides is 1. The summed E-state index contributed by atoms with van der Waals surface area (Å²) < 4.78 is 7.21. The van der Waals surface area contributed by atoms with E-state index in [1.165, 1.54) is 36.9 Å². The van der Waals surface area contributed by atoms with E-state index in [1.54, 1.807) is 4.57 Å². The Morgan fingerprint density at radius 3 is 2.72 bits per heavy atom. The van der Waals surface area contributed by atoms with E-state index < -0.39 is 29.3 Å². The maximum Gasteiger partial charge on any atom is 0.269 e. The number of rotatable bonds is 5. The van der Waals surface area contributed by atoms with Gasteiger partial charge >= 0.3 is 0 Å². The van der Waals surface area contributed by atoms with Gasteiger partial charge < -0.3 is 20.3 Å². The van der Waals surface area contributed by atoms with Crippen LogP contribution < -0.4 is 5.32 Å². The number of fused-ring (bicyclic) bond motifs is 1. The van der Waals surface area contributed by atoms with Crippen molar-refractivity contribution in [1.82, 2.24) is 19.5 Å². The van der Waals surface area contributed by atoms with Gasteiger partial charge in [-0.25, -0.2) is 15.0 Å². The molecule has 1 saturated heterocycles. The topological polar surface area (TPSA) is 166 Å². The molecule has 3 atom stereocenters. The minimum Gasteiger partial charge on any atom is -0.394 e. The largest absolute Gasteiger partial charge is 0.394 e. The molecule has 0 radical (unpaired) electrons. The Hall–Kier alpha value is -3.48. The van der Waals surface area contributed by atoms with Crippen LogP contribution in [0.25, 0.3) is 11.2 Å². The molecule has 0 aliphatic carbocycles. The van der Waals surface area contributed by atoms with Gasteiger partial charge in [-0.2, -0.15) is 0 Å². The van der Waals surface area contributed by atoms with E-state index in [0.717, 1.165) is 0 Å². The molecular weight excluding hydrogens is 384 g/mol. The Morgan fingerprint density at radius 1 is 1.31 bits per heavy atom. The third kappa shape index (κ3) is 3.51. The summed E-state index contributed by atoms with van der Waals surface area (Å²) in [5.74, 6) is -0.350. The van der Waals surface area contributed by atoms with Crippen LogP contribution in [0.2, 0.25) is 0 Å². The van der Waals surface area contributed by atoms with Gasteiger partial charge in [-0.15, -0.1) is 0 Å². The number of nitrogens with zero attached hydrogens (tertiary/aromatic N) is 5. The minimum absolute atomic E-state index is 0.121. The van der Waals surface area contributed by atoms with E-state index >= 15 is 0 Å². The molecule has 12 nitrogen and oxygen atoms in total. The average molecular weight is 400 g/mol. The molecule has 29 heavy (non-hydrogen) atoms. The van der Waals surface area contributed by atoms with Gasteiger partial charge in [0.05, 0.1) is 24.0 Å². The number of aromatic nitrogens is 4. The smallest absolute Gasteiger partial charge is 0.269 e. The Balaban J connectivity index is 1.58. The molecular formula is C17H16N6O6. The molecule has 3 aromatic rings. The van der Waals surface area contributed by atoms with E-state index in [-0.39, 0.29) is 30.1 Å². The van der Waals surface area contributed by atoms with Crippen LogP contribution in [0.3, 0.4) is 0 Å². The van der Waals surface area contributed by atoms with Crippen molar-refractivity contribution in [1.29, 1.82) is 0 Å². The van der Waals surface area contributed by atoms with Crippen molar-refractivity contribution < 1.29 is 24.7 Å². The summed E-state index contributed by atoms with van der Waals surface area (Å²) in [5, 5.41) is 32.5. The monoisotopic (exact) mass is 400 g/mol. The van der Waals surface area contributed by atoms with E-state index in [2.05, 4.69) is 20.3 Å². The van der Waals surface area contributed by atoms with Crippen LogP contribution in [0.15, 0.2) is 36.9 Å². The number of aliphatic hydroxyl groups is 2. The van der Waals surface area contributed by atoms with Gasteiger partial charge in [0.25, 0.3) is 11.6 Å². The highest BCUT2D eigenvalue weighted by Gasteiger charge is 2.35. The summed E-state index contributed by atoms with van der Waals surface area (Å²) in [6.45, 7) is -0.310. The van der Waals surface area contributed by atoms with Crippen molar-refractivity contribution in [2.24, 2.45) is 0 Å². The van der Waals surface area contributed by atoms with Gasteiger partial charge in [-0.3, -0.25) is 19.5 Å². The number of anilines is 1. The first-order valence-corrected chi connectivity index (χ1v) is 8.65. The number of carbonyl (C=O) groups excluding carboxylic acids is 1. The fourth-order valence-corrected chi connectivity index (χ4v) is 3.12. The standard InChI is InChI=1S/C17H16N6O6/c24-6-12-11(25)5-13(29-12)22-8-20-14-15(18-7-19-16(14)22)21-17(26)9-1-3-10(4-2-9)23(27)28/h1-4,7-8,11-13,24-25H,5-6H2,(H,18,19,21,26)/t11-,12+,13+/m0/s1. The number of carbonyl (C=O) groups is 1. The Morgan fingerprint density at radius 2 is 2.07 bits per heavy atom. The summed E-state index contributed by atoms with van der Waals surface area (Å²) >= 11 is 0. The number of nitro benzene ring substituents is 1. The van der Waals surface area contributed by atoms with Crippen LogP contribution in [-0.4, -0.2) is 59.4 Å². The highest BCUT2D eigenvalue weighted by atomic mass is 16.6. The Kier molecular flexibility index (Phi) is 4.88. The zero-order chi connectivity index (χ0) is 20.5. The number of ether oxygens (including phenoxy) is 1. The fraction of sp³-hybridized carbons (Fsp3) is 0.294. The summed E-state index contributed by atoms with van der Waals surface area (Å²) in [6, 6.07) is 5.15. The number of hydrogen-bond donors (Lipinski definition) is 3. The highest BCUT2D eigenvalue weighted by molar-refractivity contribution is 6.06. The lowest BCUT2D eigenvalue weighted by atomic mass is 10.2. The number of imidazole rings is 1. The normalized spacial score (nSPS) is 21.4. The molecule has 12 heteroatoms. The molecule has 1 fully saturated rings. The van der Waals surface area contributed by atoms with Gasteiger partial charge in [0, 0.05) is 24.1 Å². The second-order valence-corrected chi connectivity index (χ2v) is 6.42. The van der Waals surface area contributed by atoms with Crippen LogP contribution in [0.5, 0.6) is 0 Å². The Bertz CT molecular complexity index is 1070. The number of nitro groups is 1. The summed E-state index contributed by atoms with van der Waals surface area (Å²) in [7, 11) is 0. The van der Waals surface area contributed by atoms with Crippen molar-refractivity contribution in [3.8, 4) is 0 Å². The molecule has 1 amide bonds. The van der Waals surface area contributed by atoms with Crippen LogP contribution in [0, 0.1) is 10.1 Å². The lowest BCUT2D eigenvalue weighted by Gasteiger charge is -2.13. The molecule has 1 aliphatic rings. The van der Waals surface area contributed by atoms with Gasteiger partial charge in [0.15, 0.2) is 17.0 Å². The first-order valence-electron chi connectivity index (χ1n) is 8.65. The number of hydrogen-bond acceptors (Lipinski definition) is 9. The van der Waals surface area contributed by atoms with Crippen molar-refractivity contribution in [3.05, 3.63) is 52.6 Å². The van der Waals surface area contributed by atoms with Crippen molar-refractivity contribution in [3.63, 3.8) is 0 Å². The second-order valence-electron chi connectivity index (χ2n) is 6.42. The third-order valence-corrected chi connectivity index (χ3v) is 4.63. The average Bonchev–Trinajstić information content (AvgIpc) is 3.31. The molecule has 0 bridgehead atoms. The van der Waals surface area contributed by atoms with Crippen molar-refractivity contribution >= 4 is 28.6 Å². The number of non-ortho nitro benzene ring substituents is 1. The molecule has 1 aromatic carbocycles. The second kappa shape index (κ2) is 7.50. The summed E-state index contributed by atoms with van der Waals surface area (Å²) in [5.41, 5.74) is 0.794. The van der Waals surface area contributed by atoms with Crippen molar-refractivity contribution in [2.45, 2.75) is 24.9 Å². The van der Waals surface area contributed by atoms with E-state index in [4.69, 9.17) is 4.74 Å². The zero-order valence-corrected chi connectivity index (χ0v) is 14.9. The third-order valence-electron chi connectivity index (χ3n) is 4.63. The maximum atomic E-state index is 12.5. The van der Waals surface area contributed by atoms with Crippen LogP contribution >= 0.6 is 0 Å². The van der Waals surface area contributed by atoms with E-state index in [1.807, 2.05) is 0 Å². The fourth-order valence-electron chi connectivity index (χ4n) is 3.12. The van der Waals surface area contributed by atoms with Crippen LogP contribution in [0.1, 0.15) is 23.0 Å². The number of nitrogens with one attached hydrogen (secondary N) is 1. The van der Waals surface area contributed by atoms with Crippen LogP contribution in [0.4, 0.5) is 11.5 Å². The first-order chi connectivity index (χ1) is 14.0. The highest BCUT2D eigenvalue weighted by Crippen LogP contribution is 2.31. The molecule has 0 saturated carbocycles. The molecule has 2 aromatic heterocycles. The predicted molar refractivity (Wildman–Crippen MR) is 98.0 cm³/mol. The molecule has 4 rings (SSSR count). The van der Waals surface area contributed by atoms with Crippen LogP contribution in [-0.2, 0) is 4.74 Å². The summed E-state index contributed by atoms with van der Waals surface area (Å²) in [6.07, 6.45) is 0.885. The van der Waals surface area contributed by atoms with Gasteiger partial charge in [-0.05, 0) is 12.1 Å². The van der Waals surface area contributed by atoms with E-state index in [9.17, 15) is 25.1 Å². The van der Waals surface area contributed by atoms with Gasteiger partial charge in [-0.1, -0.05) is 0 Å². The molecule has 0 spiro atoms. The minimum atomic E-state index is -0.814. The molecule has 3 N–H and O–H groups in total. The number of benzene rings is 1. The molecule has 1 aliphatic heterocycles. The van der Waals surface area contributed by atoms with E-state index in [0.29, 0.717) is 11.2 Å². The van der Waals surface area contributed by atoms with Gasteiger partial charge in [0.2, 0.25) is 0 Å². The zero-order valence-electron chi connectivity index (χ0n) is 14.9. The SMILES string of the molecule is O=C(Nc1ncnc2c1ncn2[C@H]1C[C@H](O)[C@@H](CO)O1)c1ccc([N+](=O)[O-])cc1. The predicted octanol–water partition coefficient (Wildman–Crippen LogP) is 0.627. The lowest BCUT2D eigenvalue weighted by Crippen LogP contribution is -2.24. The maximum absolute atomic E-state index is 12.5. The van der Waals surface area contributed by atoms with Crippen molar-refractivity contribution in [2.75, 3.05) is 11.9 Å². The quantitative estimate of drug-likeness (QED) is 0.411. The molecule has 150 valence electrons. The first kappa shape index (κ1) is 18.9. The number of aliphatic hydroxyl groups excluding tert-OH is 2.